The largest absolute Gasteiger partial charge is 0.481 e. The number of carboxylic acid groups (broad SMARTS) is 1. The predicted octanol–water partition coefficient (Wildman–Crippen LogP) is 1.93. The van der Waals surface area contributed by atoms with Crippen molar-refractivity contribution in [3.05, 3.63) is 35.4 Å². The summed E-state index contributed by atoms with van der Waals surface area (Å²) in [6, 6.07) is 3.04. The molecule has 0 aromatic heterocycles. The summed E-state index contributed by atoms with van der Waals surface area (Å²) in [5, 5.41) is 8.78. The number of carboxylic acids is 1. The first-order chi connectivity index (χ1) is 8.97. The number of hydrogen-bond donors (Lipinski definition) is 1. The lowest BCUT2D eigenvalue weighted by Crippen LogP contribution is -2.34. The van der Waals surface area contributed by atoms with Crippen LogP contribution < -0.4 is 0 Å². The summed E-state index contributed by atoms with van der Waals surface area (Å²) in [4.78, 5) is 23.8. The molecule has 1 aliphatic heterocycles. The molecular weight excluding hydrogens is 256 g/mol. The Kier molecular flexibility index (Phi) is 3.78. The second-order valence-corrected chi connectivity index (χ2v) is 4.56. The van der Waals surface area contributed by atoms with Crippen molar-refractivity contribution < 1.29 is 23.5 Å². The van der Waals surface area contributed by atoms with Gasteiger partial charge >= 0.3 is 5.97 Å². The summed E-state index contributed by atoms with van der Waals surface area (Å²) >= 11 is 0. The Balaban J connectivity index is 2.12. The maximum Gasteiger partial charge on any atom is 0.305 e. The average molecular weight is 269 g/mol. The van der Waals surface area contributed by atoms with E-state index in [2.05, 4.69) is 0 Å². The zero-order chi connectivity index (χ0) is 14.0. The number of carbonyl (C=O) groups is 2. The lowest BCUT2D eigenvalue weighted by Gasteiger charge is -2.23. The zero-order valence-electron chi connectivity index (χ0n) is 10.1. The second kappa shape index (κ2) is 5.34. The number of hydrogen-bond acceptors (Lipinski definition) is 2. The van der Waals surface area contributed by atoms with Crippen LogP contribution in [0.3, 0.4) is 0 Å². The summed E-state index contributed by atoms with van der Waals surface area (Å²) in [6.45, 7) is 0.105. The molecule has 2 rings (SSSR count). The van der Waals surface area contributed by atoms with Crippen molar-refractivity contribution in [2.75, 3.05) is 0 Å². The molecule has 1 atom stereocenters. The highest BCUT2D eigenvalue weighted by molar-refractivity contribution is 5.80. The fraction of sp³-hybridized carbons (Fsp3) is 0.385. The molecule has 1 aromatic rings. The molecular formula is C13H13F2NO3. The van der Waals surface area contributed by atoms with E-state index in [1.807, 2.05) is 0 Å². The molecule has 1 aromatic carbocycles. The van der Waals surface area contributed by atoms with Gasteiger partial charge in [-0.1, -0.05) is 6.07 Å². The van der Waals surface area contributed by atoms with E-state index in [9.17, 15) is 18.4 Å². The van der Waals surface area contributed by atoms with Gasteiger partial charge in [-0.3, -0.25) is 9.59 Å². The lowest BCUT2D eigenvalue weighted by atomic mass is 10.1. The van der Waals surface area contributed by atoms with Crippen LogP contribution >= 0.6 is 0 Å². The topological polar surface area (TPSA) is 57.6 Å². The van der Waals surface area contributed by atoms with E-state index in [4.69, 9.17) is 5.11 Å². The Morgan fingerprint density at radius 1 is 1.37 bits per heavy atom. The minimum absolute atomic E-state index is 0.105. The van der Waals surface area contributed by atoms with E-state index in [0.29, 0.717) is 18.4 Å². The van der Waals surface area contributed by atoms with Crippen LogP contribution in [-0.4, -0.2) is 27.9 Å². The van der Waals surface area contributed by atoms with Gasteiger partial charge in [0.25, 0.3) is 0 Å². The highest BCUT2D eigenvalue weighted by Gasteiger charge is 2.32. The van der Waals surface area contributed by atoms with Gasteiger partial charge in [0.15, 0.2) is 11.6 Å². The minimum Gasteiger partial charge on any atom is -0.481 e. The molecule has 0 aliphatic carbocycles. The number of carbonyl (C=O) groups excluding carboxylic acids is 1. The first-order valence-corrected chi connectivity index (χ1v) is 5.92. The van der Waals surface area contributed by atoms with E-state index in [0.717, 1.165) is 12.1 Å². The SMILES string of the molecule is O=C(O)C[C@@H]1CCC(=O)N1Cc1ccc(F)c(F)c1. The van der Waals surface area contributed by atoms with E-state index < -0.39 is 17.6 Å². The molecule has 0 spiro atoms. The molecule has 0 radical (unpaired) electrons. The van der Waals surface area contributed by atoms with Crippen molar-refractivity contribution in [1.29, 1.82) is 0 Å². The highest BCUT2D eigenvalue weighted by atomic mass is 19.2. The van der Waals surface area contributed by atoms with Gasteiger partial charge in [0, 0.05) is 19.0 Å². The minimum atomic E-state index is -0.977. The summed E-state index contributed by atoms with van der Waals surface area (Å²) in [5.41, 5.74) is 0.449. The molecule has 0 unspecified atom stereocenters. The third-order valence-corrected chi connectivity index (χ3v) is 3.20. The van der Waals surface area contributed by atoms with Gasteiger partial charge in [-0.05, 0) is 24.1 Å². The van der Waals surface area contributed by atoms with Crippen LogP contribution in [0, 0.1) is 11.6 Å². The van der Waals surface area contributed by atoms with Gasteiger partial charge in [0.1, 0.15) is 0 Å². The molecule has 0 saturated carbocycles. The monoisotopic (exact) mass is 269 g/mol. The third kappa shape index (κ3) is 3.07. The van der Waals surface area contributed by atoms with Crippen molar-refractivity contribution in [3.8, 4) is 0 Å². The van der Waals surface area contributed by atoms with Crippen molar-refractivity contribution in [1.82, 2.24) is 4.90 Å². The summed E-state index contributed by atoms with van der Waals surface area (Å²) < 4.78 is 25.9. The van der Waals surface area contributed by atoms with Gasteiger partial charge in [-0.15, -0.1) is 0 Å². The number of rotatable bonds is 4. The molecule has 1 N–H and O–H groups in total. The first-order valence-electron chi connectivity index (χ1n) is 5.92. The maximum atomic E-state index is 13.1. The van der Waals surface area contributed by atoms with Crippen molar-refractivity contribution >= 4 is 11.9 Å². The molecule has 1 fully saturated rings. The second-order valence-electron chi connectivity index (χ2n) is 4.56. The smallest absolute Gasteiger partial charge is 0.305 e. The maximum absolute atomic E-state index is 13.1. The molecule has 1 heterocycles. The lowest BCUT2D eigenvalue weighted by molar-refractivity contribution is -0.139. The van der Waals surface area contributed by atoms with E-state index in [-0.39, 0.29) is 24.9 Å². The van der Waals surface area contributed by atoms with E-state index in [1.165, 1.54) is 11.0 Å². The quantitative estimate of drug-likeness (QED) is 0.908. The molecule has 1 amide bonds. The Morgan fingerprint density at radius 3 is 2.74 bits per heavy atom. The highest BCUT2D eigenvalue weighted by Crippen LogP contribution is 2.24. The number of nitrogens with zero attached hydrogens (tertiary/aromatic N) is 1. The third-order valence-electron chi connectivity index (χ3n) is 3.20. The van der Waals surface area contributed by atoms with Crippen molar-refractivity contribution in [2.45, 2.75) is 31.8 Å². The molecule has 1 aliphatic rings. The van der Waals surface area contributed by atoms with E-state index in [1.54, 1.807) is 0 Å². The van der Waals surface area contributed by atoms with Crippen molar-refractivity contribution in [2.24, 2.45) is 0 Å². The first kappa shape index (κ1) is 13.5. The van der Waals surface area contributed by atoms with Gasteiger partial charge in [-0.2, -0.15) is 0 Å². The normalized spacial score (nSPS) is 18.9. The summed E-state index contributed by atoms with van der Waals surface area (Å²) in [7, 11) is 0. The molecule has 6 heteroatoms. The fourth-order valence-corrected chi connectivity index (χ4v) is 2.26. The number of halogens is 2. The van der Waals surface area contributed by atoms with Crippen LogP contribution in [0.15, 0.2) is 18.2 Å². The van der Waals surface area contributed by atoms with Gasteiger partial charge in [0.05, 0.1) is 6.42 Å². The Labute approximate surface area is 108 Å². The standard InChI is InChI=1S/C13H13F2NO3/c14-10-3-1-8(5-11(10)15)7-16-9(6-13(18)19)2-4-12(16)17/h1,3,5,9H,2,4,6-7H2,(H,18,19)/t9-/m0/s1. The fourth-order valence-electron chi connectivity index (χ4n) is 2.26. The van der Waals surface area contributed by atoms with Crippen molar-refractivity contribution in [3.63, 3.8) is 0 Å². The van der Waals surface area contributed by atoms with Crippen LogP contribution in [0.1, 0.15) is 24.8 Å². The number of benzene rings is 1. The number of likely N-dealkylation sites (tertiary alicyclic amines) is 1. The molecule has 4 nitrogen and oxygen atoms in total. The number of amides is 1. The molecule has 1 saturated heterocycles. The van der Waals surface area contributed by atoms with Crippen LogP contribution in [-0.2, 0) is 16.1 Å². The zero-order valence-corrected chi connectivity index (χ0v) is 10.1. The number of aliphatic carboxylic acids is 1. The Bertz CT molecular complexity index is 519. The van der Waals surface area contributed by atoms with Gasteiger partial charge in [-0.25, -0.2) is 8.78 Å². The van der Waals surface area contributed by atoms with Crippen LogP contribution in [0.2, 0.25) is 0 Å². The Morgan fingerprint density at radius 2 is 2.11 bits per heavy atom. The van der Waals surface area contributed by atoms with Crippen LogP contribution in [0.4, 0.5) is 8.78 Å². The Hall–Kier alpha value is -1.98. The predicted molar refractivity (Wildman–Crippen MR) is 62.2 cm³/mol. The van der Waals surface area contributed by atoms with Crippen LogP contribution in [0.25, 0.3) is 0 Å². The molecule has 102 valence electrons. The average Bonchev–Trinajstić information content (AvgIpc) is 2.66. The van der Waals surface area contributed by atoms with Gasteiger partial charge in [0.2, 0.25) is 5.91 Å². The molecule has 19 heavy (non-hydrogen) atoms. The summed E-state index contributed by atoms with van der Waals surface area (Å²) in [6.07, 6.45) is 0.645. The van der Waals surface area contributed by atoms with Gasteiger partial charge < -0.3 is 10.0 Å². The summed E-state index contributed by atoms with van der Waals surface area (Å²) in [5.74, 6) is -3.05. The molecule has 0 bridgehead atoms. The van der Waals surface area contributed by atoms with E-state index >= 15 is 0 Å². The van der Waals surface area contributed by atoms with Crippen LogP contribution in [0.5, 0.6) is 0 Å².